The van der Waals surface area contributed by atoms with E-state index in [-0.39, 0.29) is 17.5 Å². The van der Waals surface area contributed by atoms with Crippen molar-refractivity contribution in [1.82, 2.24) is 15.3 Å². The van der Waals surface area contributed by atoms with Crippen LogP contribution in [0.2, 0.25) is 0 Å². The number of nitrogens with two attached hydrogens (primary N) is 2. The fourth-order valence-electron chi connectivity index (χ4n) is 1.39. The summed E-state index contributed by atoms with van der Waals surface area (Å²) < 4.78 is 0. The van der Waals surface area contributed by atoms with Crippen molar-refractivity contribution in [3.05, 3.63) is 11.3 Å². The number of rotatable bonds is 1. The minimum Gasteiger partial charge on any atom is -0.465 e. The number of nitrogens with zero attached hydrogens (tertiary/aromatic N) is 3. The molecule has 0 bridgehead atoms. The number of carbonyl (C=O) groups is 2. The number of hydrogen-bond acceptors (Lipinski definition) is 6. The van der Waals surface area contributed by atoms with E-state index >= 15 is 0 Å². The predicted molar refractivity (Wildman–Crippen MR) is 64.4 cm³/mol. The third-order valence-corrected chi connectivity index (χ3v) is 1.98. The van der Waals surface area contributed by atoms with Crippen molar-refractivity contribution >= 4 is 29.6 Å². The quantitative estimate of drug-likeness (QED) is 0.518. The molecule has 9 nitrogen and oxygen atoms in total. The van der Waals surface area contributed by atoms with Crippen molar-refractivity contribution in [2.45, 2.75) is 13.8 Å². The predicted octanol–water partition coefficient (Wildman–Crippen LogP) is 0.146. The van der Waals surface area contributed by atoms with Crippen molar-refractivity contribution in [3.63, 3.8) is 0 Å². The summed E-state index contributed by atoms with van der Waals surface area (Å²) in [7, 11) is 0. The minimum atomic E-state index is -1.49. The van der Waals surface area contributed by atoms with Gasteiger partial charge in [0.1, 0.15) is 5.82 Å². The highest BCUT2D eigenvalue weighted by molar-refractivity contribution is 6.09. The van der Waals surface area contributed by atoms with Crippen LogP contribution in [0.3, 0.4) is 0 Å². The number of aryl methyl sites for hydroxylation is 1. The molecule has 0 unspecified atom stereocenters. The van der Waals surface area contributed by atoms with Crippen molar-refractivity contribution < 1.29 is 14.7 Å². The summed E-state index contributed by atoms with van der Waals surface area (Å²) in [6.07, 6.45) is -1.49. The number of urea groups is 1. The van der Waals surface area contributed by atoms with Crippen LogP contribution < -0.4 is 16.8 Å². The van der Waals surface area contributed by atoms with E-state index in [1.54, 1.807) is 12.2 Å². The van der Waals surface area contributed by atoms with Gasteiger partial charge in [0.2, 0.25) is 5.95 Å². The van der Waals surface area contributed by atoms with Crippen LogP contribution in [0.5, 0.6) is 0 Å². The fourth-order valence-corrected chi connectivity index (χ4v) is 1.39. The maximum absolute atomic E-state index is 11.1. The van der Waals surface area contributed by atoms with Crippen LogP contribution in [0.25, 0.3) is 0 Å². The number of anilines is 2. The van der Waals surface area contributed by atoms with Crippen LogP contribution >= 0.6 is 0 Å². The molecule has 18 heavy (non-hydrogen) atoms. The largest absolute Gasteiger partial charge is 0.465 e. The fraction of sp³-hybridized carbons (Fsp3) is 0.222. The average Bonchev–Trinajstić information content (AvgIpc) is 2.12. The first-order valence-corrected chi connectivity index (χ1v) is 4.80. The molecule has 1 aromatic rings. The Morgan fingerprint density at radius 2 is 1.94 bits per heavy atom. The number of aromatic nitrogens is 2. The third kappa shape index (κ3) is 3.14. The number of carbonyl (C=O) groups excluding carboxylic acids is 1. The van der Waals surface area contributed by atoms with Gasteiger partial charge in [0.05, 0.1) is 17.0 Å². The van der Waals surface area contributed by atoms with Crippen LogP contribution in [-0.2, 0) is 0 Å². The van der Waals surface area contributed by atoms with Gasteiger partial charge in [-0.3, -0.25) is 0 Å². The summed E-state index contributed by atoms with van der Waals surface area (Å²) in [6, 6.07) is -1.02. The first kappa shape index (κ1) is 13.4. The summed E-state index contributed by atoms with van der Waals surface area (Å²) in [4.78, 5) is 32.5. The molecule has 0 aliphatic heterocycles. The van der Waals surface area contributed by atoms with Gasteiger partial charge in [-0.25, -0.2) is 19.9 Å². The second-order valence-electron chi connectivity index (χ2n) is 3.36. The SMILES string of the molecule is CC(=NC(=O)NC(=O)O)c1c(C)nc(N)nc1N. The van der Waals surface area contributed by atoms with Gasteiger partial charge in [0, 0.05) is 0 Å². The molecule has 1 heterocycles. The zero-order valence-electron chi connectivity index (χ0n) is 9.76. The lowest BCUT2D eigenvalue weighted by atomic mass is 10.1. The Labute approximate surface area is 102 Å². The average molecular weight is 252 g/mol. The molecule has 0 atom stereocenters. The topological polar surface area (TPSA) is 157 Å². The molecule has 0 saturated carbocycles. The van der Waals surface area contributed by atoms with E-state index in [2.05, 4.69) is 15.0 Å². The van der Waals surface area contributed by atoms with E-state index in [1.807, 2.05) is 0 Å². The Hall–Kier alpha value is -2.71. The lowest BCUT2D eigenvalue weighted by Gasteiger charge is -2.07. The van der Waals surface area contributed by atoms with Gasteiger partial charge in [0.25, 0.3) is 0 Å². The molecule has 0 saturated heterocycles. The number of carboxylic acid groups (broad SMARTS) is 1. The third-order valence-electron chi connectivity index (χ3n) is 1.98. The zero-order valence-corrected chi connectivity index (χ0v) is 9.76. The van der Waals surface area contributed by atoms with Crippen molar-refractivity contribution in [2.24, 2.45) is 4.99 Å². The molecule has 96 valence electrons. The van der Waals surface area contributed by atoms with Crippen LogP contribution in [0.1, 0.15) is 18.2 Å². The molecule has 1 rings (SSSR count). The van der Waals surface area contributed by atoms with E-state index < -0.39 is 12.1 Å². The van der Waals surface area contributed by atoms with E-state index in [1.165, 1.54) is 6.92 Å². The van der Waals surface area contributed by atoms with Crippen molar-refractivity contribution in [2.75, 3.05) is 11.5 Å². The van der Waals surface area contributed by atoms with Crippen molar-refractivity contribution in [1.29, 1.82) is 0 Å². The van der Waals surface area contributed by atoms with Gasteiger partial charge in [0.15, 0.2) is 0 Å². The first-order chi connectivity index (χ1) is 8.31. The van der Waals surface area contributed by atoms with Crippen LogP contribution in [0.15, 0.2) is 4.99 Å². The summed E-state index contributed by atoms with van der Waals surface area (Å²) in [5, 5.41) is 9.92. The Balaban J connectivity index is 3.11. The summed E-state index contributed by atoms with van der Waals surface area (Å²) >= 11 is 0. The molecule has 9 heteroatoms. The Morgan fingerprint density at radius 1 is 1.33 bits per heavy atom. The van der Waals surface area contributed by atoms with E-state index in [9.17, 15) is 9.59 Å². The van der Waals surface area contributed by atoms with Crippen molar-refractivity contribution in [3.8, 4) is 0 Å². The summed E-state index contributed by atoms with van der Waals surface area (Å²) in [5.74, 6) is 0.0842. The molecule has 0 aliphatic rings. The van der Waals surface area contributed by atoms with Gasteiger partial charge in [-0.15, -0.1) is 0 Å². The molecule has 3 amide bonds. The minimum absolute atomic E-state index is 0.0107. The van der Waals surface area contributed by atoms with Gasteiger partial charge < -0.3 is 16.6 Å². The highest BCUT2D eigenvalue weighted by Crippen LogP contribution is 2.15. The van der Waals surface area contributed by atoms with Gasteiger partial charge in [-0.05, 0) is 13.8 Å². The lowest BCUT2D eigenvalue weighted by molar-refractivity contribution is 0.193. The Bertz CT molecular complexity index is 516. The van der Waals surface area contributed by atoms with Crippen LogP contribution in [0, 0.1) is 6.92 Å². The lowest BCUT2D eigenvalue weighted by Crippen LogP contribution is -2.26. The Morgan fingerprint density at radius 3 is 2.44 bits per heavy atom. The van der Waals surface area contributed by atoms with Crippen LogP contribution in [0.4, 0.5) is 21.4 Å². The number of nitrogens with one attached hydrogen (secondary N) is 1. The Kier molecular flexibility index (Phi) is 3.77. The molecule has 0 aromatic carbocycles. The number of nitrogen functional groups attached to an aromatic ring is 2. The van der Waals surface area contributed by atoms with E-state index in [0.717, 1.165) is 0 Å². The standard InChI is InChI=1S/C9H12N6O3/c1-3-5(6(10)14-7(11)12-3)4(2)13-8(16)15-9(17)18/h1-2H3,(H,15,16)(H,17,18)(H4,10,11,12,14). The highest BCUT2D eigenvalue weighted by Gasteiger charge is 2.13. The summed E-state index contributed by atoms with van der Waals surface area (Å²) in [5.41, 5.74) is 12.0. The molecule has 0 radical (unpaired) electrons. The normalized spacial score (nSPS) is 11.1. The highest BCUT2D eigenvalue weighted by atomic mass is 16.4. The van der Waals surface area contributed by atoms with E-state index in [0.29, 0.717) is 11.3 Å². The van der Waals surface area contributed by atoms with E-state index in [4.69, 9.17) is 16.6 Å². The molecular weight excluding hydrogens is 240 g/mol. The number of amides is 3. The van der Waals surface area contributed by atoms with Gasteiger partial charge >= 0.3 is 12.1 Å². The first-order valence-electron chi connectivity index (χ1n) is 4.80. The number of aliphatic imine (C=N–C) groups is 1. The monoisotopic (exact) mass is 252 g/mol. The maximum Gasteiger partial charge on any atom is 0.412 e. The number of imide groups is 1. The summed E-state index contributed by atoms with van der Waals surface area (Å²) in [6.45, 7) is 3.11. The smallest absolute Gasteiger partial charge is 0.412 e. The zero-order chi connectivity index (χ0) is 13.9. The molecule has 0 fully saturated rings. The second-order valence-corrected chi connectivity index (χ2v) is 3.36. The molecule has 0 spiro atoms. The van der Waals surface area contributed by atoms with Gasteiger partial charge in [-0.2, -0.15) is 9.98 Å². The molecule has 1 aromatic heterocycles. The molecule has 0 aliphatic carbocycles. The molecular formula is C9H12N6O3. The molecule has 6 N–H and O–H groups in total. The van der Waals surface area contributed by atoms with Crippen LogP contribution in [-0.4, -0.2) is 32.9 Å². The second kappa shape index (κ2) is 5.08. The number of hydrogen-bond donors (Lipinski definition) is 4. The maximum atomic E-state index is 11.1. The van der Waals surface area contributed by atoms with Gasteiger partial charge in [-0.1, -0.05) is 0 Å².